The third-order valence-corrected chi connectivity index (χ3v) is 6.08. The number of nitrogens with one attached hydrogen (secondary N) is 1. The lowest BCUT2D eigenvalue weighted by molar-refractivity contribution is 0.144. The van der Waals surface area contributed by atoms with E-state index in [2.05, 4.69) is 58.6 Å². The first kappa shape index (κ1) is 23.4. The van der Waals surface area contributed by atoms with Crippen molar-refractivity contribution in [2.45, 2.75) is 46.6 Å². The number of aliphatic imine (C=N–C) groups is 1. The molecule has 4 atom stereocenters. The average Bonchev–Trinajstić information content (AvgIpc) is 3.15. The fourth-order valence-corrected chi connectivity index (χ4v) is 4.79. The Hall–Kier alpha value is -0.830. The summed E-state index contributed by atoms with van der Waals surface area (Å²) in [4.78, 5) is 14.3. The number of guanidine groups is 1. The third kappa shape index (κ3) is 6.34. The van der Waals surface area contributed by atoms with E-state index in [0.717, 1.165) is 50.5 Å². The van der Waals surface area contributed by atoms with Crippen LogP contribution in [0.2, 0.25) is 0 Å². The molecule has 1 aromatic rings. The molecule has 6 nitrogen and oxygen atoms in total. The lowest BCUT2D eigenvalue weighted by Crippen LogP contribution is -2.49. The molecule has 0 aromatic carbocycles. The van der Waals surface area contributed by atoms with Gasteiger partial charge >= 0.3 is 0 Å². The Morgan fingerprint density at radius 1 is 1.18 bits per heavy atom. The molecule has 3 heterocycles. The van der Waals surface area contributed by atoms with Gasteiger partial charge in [-0.3, -0.25) is 4.99 Å². The highest BCUT2D eigenvalue weighted by atomic mass is 127. The van der Waals surface area contributed by atoms with Gasteiger partial charge in [0.15, 0.2) is 5.96 Å². The topological polar surface area (TPSA) is 48.7 Å². The van der Waals surface area contributed by atoms with Crippen LogP contribution in [0.1, 0.15) is 46.6 Å². The number of halogens is 1. The summed E-state index contributed by atoms with van der Waals surface area (Å²) in [7, 11) is 0. The summed E-state index contributed by atoms with van der Waals surface area (Å²) in [5.41, 5.74) is 0. The normalized spacial score (nSPS) is 29.4. The minimum atomic E-state index is 0. The van der Waals surface area contributed by atoms with Crippen molar-refractivity contribution in [3.63, 3.8) is 0 Å². The summed E-state index contributed by atoms with van der Waals surface area (Å²) >= 11 is 0. The summed E-state index contributed by atoms with van der Waals surface area (Å²) in [5.74, 6) is 3.36. The molecule has 0 spiro atoms. The van der Waals surface area contributed by atoms with Crippen LogP contribution in [0, 0.1) is 17.8 Å². The molecule has 3 rings (SSSR count). The lowest BCUT2D eigenvalue weighted by atomic mass is 9.92. The van der Waals surface area contributed by atoms with Gasteiger partial charge in [-0.1, -0.05) is 20.8 Å². The fourth-order valence-electron chi connectivity index (χ4n) is 4.79. The van der Waals surface area contributed by atoms with Crippen molar-refractivity contribution in [2.75, 3.05) is 45.8 Å². The summed E-state index contributed by atoms with van der Waals surface area (Å²) in [6.45, 7) is 16.6. The zero-order valence-corrected chi connectivity index (χ0v) is 20.4. The first-order chi connectivity index (χ1) is 13.1. The predicted octanol–water partition coefficient (Wildman–Crippen LogP) is 3.33. The van der Waals surface area contributed by atoms with Gasteiger partial charge in [0, 0.05) is 51.7 Å². The lowest BCUT2D eigenvalue weighted by Gasteiger charge is -2.39. The second-order valence-electron chi connectivity index (χ2n) is 8.73. The Labute approximate surface area is 188 Å². The summed E-state index contributed by atoms with van der Waals surface area (Å²) in [6.07, 6.45) is 8.48. The van der Waals surface area contributed by atoms with Crippen LogP contribution in [-0.2, 0) is 0 Å². The van der Waals surface area contributed by atoms with E-state index in [1.54, 1.807) is 0 Å². The Bertz CT molecular complexity index is 580. The average molecular weight is 502 g/mol. The molecule has 2 saturated heterocycles. The molecule has 0 saturated carbocycles. The molecule has 1 N–H and O–H groups in total. The van der Waals surface area contributed by atoms with Crippen molar-refractivity contribution >= 4 is 29.9 Å². The van der Waals surface area contributed by atoms with E-state index in [-0.39, 0.29) is 24.0 Å². The van der Waals surface area contributed by atoms with Crippen LogP contribution in [-0.4, -0.2) is 71.1 Å². The number of hydrogen-bond acceptors (Lipinski definition) is 3. The molecule has 0 amide bonds. The summed E-state index contributed by atoms with van der Waals surface area (Å²) < 4.78 is 2.26. The van der Waals surface area contributed by atoms with Gasteiger partial charge < -0.3 is 19.7 Å². The maximum absolute atomic E-state index is 4.99. The second-order valence-corrected chi connectivity index (χ2v) is 8.73. The van der Waals surface area contributed by atoms with Gasteiger partial charge in [-0.2, -0.15) is 0 Å². The van der Waals surface area contributed by atoms with Crippen molar-refractivity contribution in [1.29, 1.82) is 0 Å². The van der Waals surface area contributed by atoms with Crippen molar-refractivity contribution in [3.8, 4) is 0 Å². The summed E-state index contributed by atoms with van der Waals surface area (Å²) in [6, 6.07) is 0.467. The van der Waals surface area contributed by atoms with Crippen LogP contribution in [0.25, 0.3) is 0 Å². The number of rotatable bonds is 5. The number of imidazole rings is 1. The maximum atomic E-state index is 4.99. The van der Waals surface area contributed by atoms with Gasteiger partial charge in [-0.05, 0) is 37.5 Å². The van der Waals surface area contributed by atoms with E-state index >= 15 is 0 Å². The first-order valence-electron chi connectivity index (χ1n) is 10.8. The number of nitrogens with zero attached hydrogens (tertiary/aromatic N) is 5. The highest BCUT2D eigenvalue weighted by molar-refractivity contribution is 14.0. The highest BCUT2D eigenvalue weighted by Crippen LogP contribution is 2.27. The van der Waals surface area contributed by atoms with Crippen molar-refractivity contribution in [1.82, 2.24) is 24.7 Å². The molecule has 160 valence electrons. The van der Waals surface area contributed by atoms with Crippen molar-refractivity contribution in [3.05, 3.63) is 18.7 Å². The van der Waals surface area contributed by atoms with E-state index < -0.39 is 0 Å². The standard InChI is InChI=1S/C21H38N6.HI/c1-5-23-21(24-8-10-25-13-17(2)12-18(3)14-25)26-9-6-19(4)20(15-26)27-11-7-22-16-27;/h7,11,16-20H,5-6,8-10,12-15H2,1-4H3,(H,23,24);1H. The highest BCUT2D eigenvalue weighted by Gasteiger charge is 2.29. The minimum absolute atomic E-state index is 0. The van der Waals surface area contributed by atoms with Crippen LogP contribution in [0.3, 0.4) is 0 Å². The second kappa shape index (κ2) is 11.4. The summed E-state index contributed by atoms with van der Waals surface area (Å²) in [5, 5.41) is 3.52. The molecule has 2 fully saturated rings. The SMILES string of the molecule is CCNC(=NCCN1CC(C)CC(C)C1)N1CCC(C)C(n2ccnc2)C1.I. The Balaban J connectivity index is 0.00000280. The largest absolute Gasteiger partial charge is 0.357 e. The van der Waals surface area contributed by atoms with E-state index in [4.69, 9.17) is 4.99 Å². The molecule has 28 heavy (non-hydrogen) atoms. The monoisotopic (exact) mass is 502 g/mol. The van der Waals surface area contributed by atoms with Crippen molar-refractivity contribution < 1.29 is 0 Å². The van der Waals surface area contributed by atoms with E-state index in [0.29, 0.717) is 12.0 Å². The van der Waals surface area contributed by atoms with E-state index in [1.165, 1.54) is 25.9 Å². The molecule has 0 bridgehead atoms. The number of piperidine rings is 2. The molecule has 7 heteroatoms. The molecule has 1 aromatic heterocycles. The quantitative estimate of drug-likeness (QED) is 0.381. The Morgan fingerprint density at radius 2 is 1.93 bits per heavy atom. The van der Waals surface area contributed by atoms with Crippen LogP contribution >= 0.6 is 24.0 Å². The smallest absolute Gasteiger partial charge is 0.194 e. The van der Waals surface area contributed by atoms with Crippen LogP contribution in [0.15, 0.2) is 23.7 Å². The zero-order valence-electron chi connectivity index (χ0n) is 18.0. The molecule has 0 radical (unpaired) electrons. The zero-order chi connectivity index (χ0) is 19.2. The van der Waals surface area contributed by atoms with Gasteiger partial charge in [0.05, 0.1) is 18.9 Å². The minimum Gasteiger partial charge on any atom is -0.357 e. The maximum Gasteiger partial charge on any atom is 0.194 e. The van der Waals surface area contributed by atoms with Crippen LogP contribution in [0.4, 0.5) is 0 Å². The van der Waals surface area contributed by atoms with Gasteiger partial charge in [-0.15, -0.1) is 24.0 Å². The van der Waals surface area contributed by atoms with Gasteiger partial charge in [0.25, 0.3) is 0 Å². The third-order valence-electron chi connectivity index (χ3n) is 6.08. The number of aromatic nitrogens is 2. The Kier molecular flexibility index (Phi) is 9.53. The number of likely N-dealkylation sites (tertiary alicyclic amines) is 2. The molecule has 0 aliphatic carbocycles. The molecule has 2 aliphatic rings. The molecule has 4 unspecified atom stereocenters. The molecular formula is C21H39IN6. The first-order valence-corrected chi connectivity index (χ1v) is 10.8. The Morgan fingerprint density at radius 3 is 2.57 bits per heavy atom. The van der Waals surface area contributed by atoms with E-state index in [1.807, 2.05) is 12.5 Å². The van der Waals surface area contributed by atoms with Gasteiger partial charge in [0.2, 0.25) is 0 Å². The van der Waals surface area contributed by atoms with Gasteiger partial charge in [0.1, 0.15) is 0 Å². The molecule has 2 aliphatic heterocycles. The van der Waals surface area contributed by atoms with Crippen LogP contribution < -0.4 is 5.32 Å². The van der Waals surface area contributed by atoms with Crippen LogP contribution in [0.5, 0.6) is 0 Å². The van der Waals surface area contributed by atoms with Crippen molar-refractivity contribution in [2.24, 2.45) is 22.7 Å². The fraction of sp³-hybridized carbons (Fsp3) is 0.810. The molecular weight excluding hydrogens is 463 g/mol. The van der Waals surface area contributed by atoms with Gasteiger partial charge in [-0.25, -0.2) is 4.98 Å². The number of hydrogen-bond donors (Lipinski definition) is 1. The predicted molar refractivity (Wildman–Crippen MR) is 127 cm³/mol. The van der Waals surface area contributed by atoms with E-state index in [9.17, 15) is 0 Å².